The maximum absolute atomic E-state index is 4.55. The zero-order valence-corrected chi connectivity index (χ0v) is 9.27. The van der Waals surface area contributed by atoms with Crippen LogP contribution in [0.25, 0.3) is 11.3 Å². The fourth-order valence-corrected chi connectivity index (χ4v) is 2.31. The summed E-state index contributed by atoms with van der Waals surface area (Å²) in [5.74, 6) is 0. The van der Waals surface area contributed by atoms with E-state index in [0.717, 1.165) is 25.1 Å². The fraction of sp³-hybridized carbons (Fsp3) is 0.333. The van der Waals surface area contributed by atoms with Gasteiger partial charge in [0.15, 0.2) is 0 Å². The monoisotopic (exact) mass is 214 g/mol. The smallest absolute Gasteiger partial charge is 0.0801 e. The van der Waals surface area contributed by atoms with Gasteiger partial charge in [-0.3, -0.25) is 9.67 Å². The molecule has 1 aliphatic heterocycles. The van der Waals surface area contributed by atoms with E-state index < -0.39 is 0 Å². The number of hydrogen-bond donors (Lipinski definition) is 1. The Morgan fingerprint density at radius 3 is 3.19 bits per heavy atom. The average Bonchev–Trinajstić information content (AvgIpc) is 2.66. The third-order valence-electron chi connectivity index (χ3n) is 3.01. The quantitative estimate of drug-likeness (QED) is 0.773. The summed E-state index contributed by atoms with van der Waals surface area (Å²) in [5, 5.41) is 7.90. The van der Waals surface area contributed by atoms with Crippen LogP contribution in [0.3, 0.4) is 0 Å². The van der Waals surface area contributed by atoms with Crippen LogP contribution in [0, 0.1) is 0 Å². The highest BCUT2D eigenvalue weighted by Crippen LogP contribution is 2.26. The van der Waals surface area contributed by atoms with Crippen molar-refractivity contribution >= 4 is 0 Å². The molecule has 0 aliphatic carbocycles. The number of nitrogens with one attached hydrogen (secondary N) is 1. The van der Waals surface area contributed by atoms with Crippen molar-refractivity contribution in [2.24, 2.45) is 7.05 Å². The number of hydrogen-bond acceptors (Lipinski definition) is 3. The van der Waals surface area contributed by atoms with Gasteiger partial charge in [0.25, 0.3) is 0 Å². The number of nitrogens with zero attached hydrogens (tertiary/aromatic N) is 3. The van der Waals surface area contributed by atoms with Gasteiger partial charge in [-0.05, 0) is 25.1 Å². The molecule has 4 nitrogen and oxygen atoms in total. The highest BCUT2D eigenvalue weighted by Gasteiger charge is 2.19. The summed E-state index contributed by atoms with van der Waals surface area (Å²) in [6.45, 7) is 1.91. The Balaban J connectivity index is 2.17. The van der Waals surface area contributed by atoms with E-state index >= 15 is 0 Å². The zero-order valence-electron chi connectivity index (χ0n) is 9.27. The lowest BCUT2D eigenvalue weighted by molar-refractivity contribution is 0.625. The first-order chi connectivity index (χ1) is 7.86. The minimum atomic E-state index is 0.878. The second-order valence-corrected chi connectivity index (χ2v) is 4.07. The second-order valence-electron chi connectivity index (χ2n) is 4.07. The van der Waals surface area contributed by atoms with Crippen molar-refractivity contribution in [1.29, 1.82) is 0 Å². The lowest BCUT2D eigenvalue weighted by Crippen LogP contribution is -2.23. The Labute approximate surface area is 94.3 Å². The summed E-state index contributed by atoms with van der Waals surface area (Å²) in [5.41, 5.74) is 4.91. The highest BCUT2D eigenvalue weighted by molar-refractivity contribution is 5.64. The van der Waals surface area contributed by atoms with Crippen molar-refractivity contribution in [3.8, 4) is 11.3 Å². The first-order valence-corrected chi connectivity index (χ1v) is 5.52. The van der Waals surface area contributed by atoms with Gasteiger partial charge in [-0.2, -0.15) is 5.10 Å². The van der Waals surface area contributed by atoms with Gasteiger partial charge in [0.2, 0.25) is 0 Å². The molecule has 3 rings (SSSR count). The Bertz CT molecular complexity index is 501. The normalized spacial score (nSPS) is 14.8. The minimum Gasteiger partial charge on any atom is -0.311 e. The summed E-state index contributed by atoms with van der Waals surface area (Å²) in [7, 11) is 2.00. The van der Waals surface area contributed by atoms with Gasteiger partial charge in [-0.1, -0.05) is 0 Å². The molecule has 0 spiro atoms. The molecular formula is C12H14N4. The highest BCUT2D eigenvalue weighted by atomic mass is 15.3. The first kappa shape index (κ1) is 9.54. The Morgan fingerprint density at radius 2 is 2.38 bits per heavy atom. The van der Waals surface area contributed by atoms with Crippen molar-refractivity contribution in [2.75, 3.05) is 6.54 Å². The molecular weight excluding hydrogens is 200 g/mol. The van der Waals surface area contributed by atoms with Crippen molar-refractivity contribution in [3.05, 3.63) is 35.8 Å². The van der Waals surface area contributed by atoms with Gasteiger partial charge in [0.1, 0.15) is 0 Å². The zero-order chi connectivity index (χ0) is 11.0. The molecule has 0 amide bonds. The molecule has 1 N–H and O–H groups in total. The van der Waals surface area contributed by atoms with Gasteiger partial charge < -0.3 is 5.32 Å². The molecule has 0 bridgehead atoms. The molecule has 0 radical (unpaired) electrons. The largest absolute Gasteiger partial charge is 0.311 e. The molecule has 0 saturated carbocycles. The van der Waals surface area contributed by atoms with Gasteiger partial charge in [0, 0.05) is 37.1 Å². The van der Waals surface area contributed by atoms with E-state index in [0.29, 0.717) is 0 Å². The molecule has 2 aromatic rings. The molecule has 16 heavy (non-hydrogen) atoms. The van der Waals surface area contributed by atoms with Crippen LogP contribution in [0.4, 0.5) is 0 Å². The third-order valence-corrected chi connectivity index (χ3v) is 3.01. The van der Waals surface area contributed by atoms with Crippen LogP contribution in [0.15, 0.2) is 24.5 Å². The predicted octanol–water partition coefficient (Wildman–Crippen LogP) is 1.13. The van der Waals surface area contributed by atoms with E-state index in [-0.39, 0.29) is 0 Å². The Morgan fingerprint density at radius 1 is 1.44 bits per heavy atom. The van der Waals surface area contributed by atoms with Gasteiger partial charge >= 0.3 is 0 Å². The Hall–Kier alpha value is -1.68. The molecule has 2 aromatic heterocycles. The van der Waals surface area contributed by atoms with E-state index in [9.17, 15) is 0 Å². The molecule has 4 heteroatoms. The summed E-state index contributed by atoms with van der Waals surface area (Å²) < 4.78 is 1.97. The SMILES string of the molecule is Cn1nc2c(c1-c1cccnc1)CCNC2. The number of fused-ring (bicyclic) bond motifs is 1. The maximum Gasteiger partial charge on any atom is 0.0801 e. The average molecular weight is 214 g/mol. The number of aromatic nitrogens is 3. The molecule has 3 heterocycles. The first-order valence-electron chi connectivity index (χ1n) is 5.52. The summed E-state index contributed by atoms with van der Waals surface area (Å²) in [4.78, 5) is 4.17. The maximum atomic E-state index is 4.55. The summed E-state index contributed by atoms with van der Waals surface area (Å²) in [6, 6.07) is 4.06. The van der Waals surface area contributed by atoms with Crippen LogP contribution in [0.5, 0.6) is 0 Å². The van der Waals surface area contributed by atoms with Crippen LogP contribution >= 0.6 is 0 Å². The van der Waals surface area contributed by atoms with Crippen molar-refractivity contribution in [3.63, 3.8) is 0 Å². The van der Waals surface area contributed by atoms with Gasteiger partial charge in [-0.15, -0.1) is 0 Å². The Kier molecular flexibility index (Phi) is 2.22. The van der Waals surface area contributed by atoms with Gasteiger partial charge in [0.05, 0.1) is 11.4 Å². The van der Waals surface area contributed by atoms with Crippen molar-refractivity contribution < 1.29 is 0 Å². The van der Waals surface area contributed by atoms with E-state index in [1.54, 1.807) is 6.20 Å². The third kappa shape index (κ3) is 1.42. The molecule has 0 fully saturated rings. The van der Waals surface area contributed by atoms with Crippen LogP contribution in [-0.2, 0) is 20.0 Å². The molecule has 0 atom stereocenters. The second kappa shape index (κ2) is 3.72. The topological polar surface area (TPSA) is 42.7 Å². The fourth-order valence-electron chi connectivity index (χ4n) is 2.31. The standard InChI is InChI=1S/C12H14N4/c1-16-12(9-3-2-5-13-7-9)10-4-6-14-8-11(10)15-16/h2-3,5,7,14H,4,6,8H2,1H3. The summed E-state index contributed by atoms with van der Waals surface area (Å²) >= 11 is 0. The van der Waals surface area contributed by atoms with Crippen LogP contribution in [-0.4, -0.2) is 21.3 Å². The van der Waals surface area contributed by atoms with Crippen LogP contribution in [0.2, 0.25) is 0 Å². The van der Waals surface area contributed by atoms with Crippen LogP contribution in [0.1, 0.15) is 11.3 Å². The lowest BCUT2D eigenvalue weighted by Gasteiger charge is -2.12. The number of aryl methyl sites for hydroxylation is 1. The van der Waals surface area contributed by atoms with E-state index in [1.165, 1.54) is 17.0 Å². The number of rotatable bonds is 1. The summed E-state index contributed by atoms with van der Waals surface area (Å²) in [6.07, 6.45) is 4.75. The van der Waals surface area contributed by atoms with E-state index in [4.69, 9.17) is 0 Å². The predicted molar refractivity (Wildman–Crippen MR) is 61.8 cm³/mol. The molecule has 82 valence electrons. The molecule has 0 saturated heterocycles. The molecule has 0 unspecified atom stereocenters. The van der Waals surface area contributed by atoms with Crippen LogP contribution < -0.4 is 5.32 Å². The molecule has 0 aromatic carbocycles. The van der Waals surface area contributed by atoms with Crippen molar-refractivity contribution in [2.45, 2.75) is 13.0 Å². The van der Waals surface area contributed by atoms with E-state index in [2.05, 4.69) is 21.5 Å². The number of pyridine rings is 1. The minimum absolute atomic E-state index is 0.878. The van der Waals surface area contributed by atoms with Crippen molar-refractivity contribution in [1.82, 2.24) is 20.1 Å². The lowest BCUT2D eigenvalue weighted by atomic mass is 10.0. The van der Waals surface area contributed by atoms with E-state index in [1.807, 2.05) is 24.0 Å². The van der Waals surface area contributed by atoms with Gasteiger partial charge in [-0.25, -0.2) is 0 Å². The molecule has 1 aliphatic rings.